The van der Waals surface area contributed by atoms with E-state index in [0.29, 0.717) is 12.1 Å². The lowest BCUT2D eigenvalue weighted by Crippen LogP contribution is -2.48. The number of hydrogen-bond acceptors (Lipinski definition) is 7. The van der Waals surface area contributed by atoms with Crippen molar-refractivity contribution in [3.63, 3.8) is 0 Å². The van der Waals surface area contributed by atoms with E-state index < -0.39 is 0 Å². The zero-order chi connectivity index (χ0) is 17.9. The Balaban J connectivity index is 1.37. The second kappa shape index (κ2) is 7.27. The molecule has 2 aromatic rings. The highest BCUT2D eigenvalue weighted by Gasteiger charge is 2.25. The highest BCUT2D eigenvalue weighted by atomic mass is 16.1. The van der Waals surface area contributed by atoms with Gasteiger partial charge in [-0.15, -0.1) is 0 Å². The van der Waals surface area contributed by atoms with Gasteiger partial charge in [0.2, 0.25) is 5.95 Å². The second-order valence-corrected chi connectivity index (χ2v) is 6.96. The van der Waals surface area contributed by atoms with E-state index in [4.69, 9.17) is 0 Å². The molecule has 0 aliphatic carbocycles. The van der Waals surface area contributed by atoms with Gasteiger partial charge >= 0.3 is 0 Å². The molecule has 2 aromatic heterocycles. The summed E-state index contributed by atoms with van der Waals surface area (Å²) in [7, 11) is 1.82. The molecule has 0 bridgehead atoms. The van der Waals surface area contributed by atoms with E-state index in [2.05, 4.69) is 35.6 Å². The number of carbonyl (C=O) groups excluding carboxylic acids is 1. The van der Waals surface area contributed by atoms with Crippen LogP contribution in [0.4, 0.5) is 11.8 Å². The molecular formula is C17H24N8O. The highest BCUT2D eigenvalue weighted by Crippen LogP contribution is 2.19. The minimum Gasteiger partial charge on any atom is -0.357 e. The molecular weight excluding hydrogens is 332 g/mol. The number of aryl methyl sites for hydroxylation is 1. The number of nitrogens with one attached hydrogen (secondary N) is 1. The Labute approximate surface area is 152 Å². The van der Waals surface area contributed by atoms with Crippen LogP contribution in [0, 0.1) is 0 Å². The molecule has 2 aliphatic rings. The predicted octanol–water partition coefficient (Wildman–Crippen LogP) is 0.604. The monoisotopic (exact) mass is 356 g/mol. The molecule has 0 spiro atoms. The molecule has 138 valence electrons. The lowest BCUT2D eigenvalue weighted by Gasteiger charge is -2.33. The van der Waals surface area contributed by atoms with Crippen molar-refractivity contribution in [1.29, 1.82) is 0 Å². The molecule has 9 heteroatoms. The zero-order valence-electron chi connectivity index (χ0n) is 15.0. The first kappa shape index (κ1) is 16.7. The minimum atomic E-state index is -0.0755. The Bertz CT molecular complexity index is 752. The number of carbonyl (C=O) groups is 1. The second-order valence-electron chi connectivity index (χ2n) is 6.96. The van der Waals surface area contributed by atoms with E-state index in [1.54, 1.807) is 10.9 Å². The van der Waals surface area contributed by atoms with Crippen molar-refractivity contribution in [2.45, 2.75) is 31.7 Å². The van der Waals surface area contributed by atoms with Gasteiger partial charge in [-0.3, -0.25) is 4.79 Å². The highest BCUT2D eigenvalue weighted by molar-refractivity contribution is 5.94. The van der Waals surface area contributed by atoms with Crippen LogP contribution in [-0.4, -0.2) is 63.3 Å². The van der Waals surface area contributed by atoms with E-state index in [0.717, 1.165) is 44.2 Å². The van der Waals surface area contributed by atoms with Crippen molar-refractivity contribution >= 4 is 17.7 Å². The average Bonchev–Trinajstić information content (AvgIpc) is 3.34. The fourth-order valence-corrected chi connectivity index (χ4v) is 3.69. The number of tetrazole rings is 1. The van der Waals surface area contributed by atoms with E-state index in [-0.39, 0.29) is 11.9 Å². The fourth-order valence-electron chi connectivity index (χ4n) is 3.69. The Morgan fingerprint density at radius 1 is 1.15 bits per heavy atom. The molecule has 0 radical (unpaired) electrons. The Hall–Kier alpha value is -2.71. The lowest BCUT2D eigenvalue weighted by molar-refractivity contribution is 0.0932. The number of amides is 1. The predicted molar refractivity (Wildman–Crippen MR) is 97.2 cm³/mol. The summed E-state index contributed by atoms with van der Waals surface area (Å²) in [5, 5.41) is 14.8. The summed E-state index contributed by atoms with van der Waals surface area (Å²) in [5.74, 6) is 1.62. The number of piperidine rings is 1. The molecule has 9 nitrogen and oxygen atoms in total. The lowest BCUT2D eigenvalue weighted by atomic mass is 10.1. The van der Waals surface area contributed by atoms with Crippen molar-refractivity contribution in [3.8, 4) is 0 Å². The summed E-state index contributed by atoms with van der Waals surface area (Å²) >= 11 is 0. The summed E-state index contributed by atoms with van der Waals surface area (Å²) in [5.41, 5.74) is 0.602. The van der Waals surface area contributed by atoms with Gasteiger partial charge in [-0.2, -0.15) is 0 Å². The summed E-state index contributed by atoms with van der Waals surface area (Å²) < 4.78 is 1.66. The maximum atomic E-state index is 12.6. The quantitative estimate of drug-likeness (QED) is 0.858. The molecule has 4 rings (SSSR count). The molecule has 2 saturated heterocycles. The van der Waals surface area contributed by atoms with E-state index >= 15 is 0 Å². The molecule has 4 heterocycles. The maximum Gasteiger partial charge on any atom is 0.253 e. The summed E-state index contributed by atoms with van der Waals surface area (Å²) in [6.07, 6.45) is 6.04. The number of hydrogen-bond donors (Lipinski definition) is 1. The van der Waals surface area contributed by atoms with Crippen LogP contribution in [0.5, 0.6) is 0 Å². The molecule has 2 fully saturated rings. The van der Waals surface area contributed by atoms with Crippen molar-refractivity contribution in [2.24, 2.45) is 7.05 Å². The van der Waals surface area contributed by atoms with Crippen LogP contribution in [-0.2, 0) is 7.05 Å². The van der Waals surface area contributed by atoms with Crippen LogP contribution >= 0.6 is 0 Å². The molecule has 1 N–H and O–H groups in total. The van der Waals surface area contributed by atoms with Crippen molar-refractivity contribution < 1.29 is 4.79 Å². The topological polar surface area (TPSA) is 92.1 Å². The third-order valence-corrected chi connectivity index (χ3v) is 5.08. The normalized spacial score (nSPS) is 20.4. The van der Waals surface area contributed by atoms with E-state index in [1.165, 1.54) is 12.8 Å². The number of aromatic nitrogens is 5. The van der Waals surface area contributed by atoms with Gasteiger partial charge < -0.3 is 15.1 Å². The molecule has 1 unspecified atom stereocenters. The van der Waals surface area contributed by atoms with Crippen LogP contribution in [0.2, 0.25) is 0 Å². The number of anilines is 2. The minimum absolute atomic E-state index is 0.0752. The van der Waals surface area contributed by atoms with Gasteiger partial charge in [-0.05, 0) is 48.2 Å². The summed E-state index contributed by atoms with van der Waals surface area (Å²) in [6, 6.07) is 3.88. The van der Waals surface area contributed by atoms with Gasteiger partial charge in [-0.25, -0.2) is 9.67 Å². The van der Waals surface area contributed by atoms with Gasteiger partial charge in [0.1, 0.15) is 5.82 Å². The van der Waals surface area contributed by atoms with Gasteiger partial charge in [-0.1, -0.05) is 5.10 Å². The zero-order valence-corrected chi connectivity index (χ0v) is 15.0. The third kappa shape index (κ3) is 3.47. The van der Waals surface area contributed by atoms with Crippen LogP contribution in [0.15, 0.2) is 18.3 Å². The van der Waals surface area contributed by atoms with Crippen LogP contribution in [0.3, 0.4) is 0 Å². The fraction of sp³-hybridized carbons (Fsp3) is 0.588. The Kier molecular flexibility index (Phi) is 4.68. The number of pyridine rings is 1. The van der Waals surface area contributed by atoms with Crippen molar-refractivity contribution in [2.75, 3.05) is 36.0 Å². The molecule has 1 atom stereocenters. The van der Waals surface area contributed by atoms with Crippen LogP contribution < -0.4 is 15.1 Å². The molecule has 26 heavy (non-hydrogen) atoms. The number of rotatable bonds is 4. The first-order chi connectivity index (χ1) is 12.7. The molecule has 0 aromatic carbocycles. The van der Waals surface area contributed by atoms with Crippen LogP contribution in [0.25, 0.3) is 0 Å². The SMILES string of the molecule is Cn1nnnc1N1CCCC(NC(=O)c2ccc(N3CCCC3)nc2)C1. The molecule has 1 amide bonds. The number of nitrogens with zero attached hydrogens (tertiary/aromatic N) is 7. The summed E-state index contributed by atoms with van der Waals surface area (Å²) in [6.45, 7) is 3.70. The van der Waals surface area contributed by atoms with Gasteiger partial charge in [0.05, 0.1) is 5.56 Å². The van der Waals surface area contributed by atoms with Crippen molar-refractivity contribution in [3.05, 3.63) is 23.9 Å². The van der Waals surface area contributed by atoms with Gasteiger partial charge in [0.15, 0.2) is 0 Å². The smallest absolute Gasteiger partial charge is 0.253 e. The third-order valence-electron chi connectivity index (χ3n) is 5.08. The standard InChI is InChI=1S/C17H24N8O/c1-23-17(20-21-22-23)25-10-4-5-14(12-25)19-16(26)13-6-7-15(18-11-13)24-8-2-3-9-24/h6-7,11,14H,2-5,8-10,12H2,1H3,(H,19,26). The maximum absolute atomic E-state index is 12.6. The van der Waals surface area contributed by atoms with E-state index in [9.17, 15) is 4.79 Å². The largest absolute Gasteiger partial charge is 0.357 e. The van der Waals surface area contributed by atoms with E-state index in [1.807, 2.05) is 19.2 Å². The van der Waals surface area contributed by atoms with Gasteiger partial charge in [0.25, 0.3) is 5.91 Å². The first-order valence-corrected chi connectivity index (χ1v) is 9.20. The molecule has 2 aliphatic heterocycles. The van der Waals surface area contributed by atoms with Gasteiger partial charge in [0, 0.05) is 45.5 Å². The first-order valence-electron chi connectivity index (χ1n) is 9.20. The average molecular weight is 356 g/mol. The van der Waals surface area contributed by atoms with Crippen molar-refractivity contribution in [1.82, 2.24) is 30.5 Å². The summed E-state index contributed by atoms with van der Waals surface area (Å²) in [4.78, 5) is 21.4. The van der Waals surface area contributed by atoms with Crippen LogP contribution in [0.1, 0.15) is 36.0 Å². The molecule has 0 saturated carbocycles. The Morgan fingerprint density at radius 2 is 1.96 bits per heavy atom. The Morgan fingerprint density at radius 3 is 2.65 bits per heavy atom.